The molecule has 0 radical (unpaired) electrons. The van der Waals surface area contributed by atoms with Crippen molar-refractivity contribution in [3.63, 3.8) is 0 Å². The molecule has 0 saturated carbocycles. The first kappa shape index (κ1) is 22.0. The highest BCUT2D eigenvalue weighted by atomic mass is 16.5. The molecule has 0 unspecified atom stereocenters. The molecule has 3 rings (SSSR count). The number of nitrogens with zero attached hydrogens (tertiary/aromatic N) is 1. The standard InChI is InChI=1S/C25H27N3O3/c1-18-6-3-7-19(2)24(18)31-15-5-9-23(29)27-16-20-10-12-22(13-11-20)28-25(30)21-8-4-14-26-17-21/h3-4,6-8,10-14,17H,5,9,15-16H2,1-2H3,(H,27,29)(H,28,30). The minimum atomic E-state index is -0.211. The molecule has 0 aliphatic rings. The molecule has 160 valence electrons. The molecule has 2 N–H and O–H groups in total. The summed E-state index contributed by atoms with van der Waals surface area (Å²) in [5.41, 5.74) is 4.35. The number of rotatable bonds is 9. The Bertz CT molecular complexity index is 998. The topological polar surface area (TPSA) is 80.3 Å². The van der Waals surface area contributed by atoms with E-state index in [1.165, 1.54) is 6.20 Å². The van der Waals surface area contributed by atoms with Gasteiger partial charge in [-0.05, 0) is 61.2 Å². The van der Waals surface area contributed by atoms with Crippen molar-refractivity contribution in [3.8, 4) is 5.75 Å². The van der Waals surface area contributed by atoms with Gasteiger partial charge in [0.05, 0.1) is 12.2 Å². The minimum Gasteiger partial charge on any atom is -0.493 e. The molecule has 1 heterocycles. The van der Waals surface area contributed by atoms with Crippen molar-refractivity contribution in [2.24, 2.45) is 0 Å². The van der Waals surface area contributed by atoms with Crippen LogP contribution in [0.4, 0.5) is 5.69 Å². The average molecular weight is 418 g/mol. The van der Waals surface area contributed by atoms with Gasteiger partial charge >= 0.3 is 0 Å². The van der Waals surface area contributed by atoms with Crippen molar-refractivity contribution in [1.82, 2.24) is 10.3 Å². The van der Waals surface area contributed by atoms with Gasteiger partial charge in [0, 0.05) is 31.0 Å². The van der Waals surface area contributed by atoms with E-state index in [-0.39, 0.29) is 11.8 Å². The molecule has 1 aromatic heterocycles. The second-order valence-corrected chi connectivity index (χ2v) is 7.34. The Hall–Kier alpha value is -3.67. The van der Waals surface area contributed by atoms with Gasteiger partial charge in [-0.15, -0.1) is 0 Å². The van der Waals surface area contributed by atoms with E-state index in [0.29, 0.717) is 37.2 Å². The lowest BCUT2D eigenvalue weighted by Crippen LogP contribution is -2.23. The fraction of sp³-hybridized carbons (Fsp3) is 0.240. The molecule has 0 bridgehead atoms. The normalized spacial score (nSPS) is 10.4. The third kappa shape index (κ3) is 6.67. The molecular weight excluding hydrogens is 390 g/mol. The molecule has 0 aliphatic heterocycles. The Morgan fingerprint density at radius 2 is 1.71 bits per heavy atom. The maximum atomic E-state index is 12.1. The van der Waals surface area contributed by atoms with Crippen LogP contribution in [0.15, 0.2) is 67.0 Å². The molecule has 0 saturated heterocycles. The quantitative estimate of drug-likeness (QED) is 0.505. The Balaban J connectivity index is 1.38. The number of benzene rings is 2. The number of ether oxygens (including phenoxy) is 1. The number of carbonyl (C=O) groups is 2. The van der Waals surface area contributed by atoms with E-state index >= 15 is 0 Å². The summed E-state index contributed by atoms with van der Waals surface area (Å²) in [6.45, 7) is 4.98. The van der Waals surface area contributed by atoms with Gasteiger partial charge in [0.1, 0.15) is 5.75 Å². The first-order valence-electron chi connectivity index (χ1n) is 10.3. The summed E-state index contributed by atoms with van der Waals surface area (Å²) >= 11 is 0. The van der Waals surface area contributed by atoms with Gasteiger partial charge in [-0.1, -0.05) is 30.3 Å². The van der Waals surface area contributed by atoms with Crippen LogP contribution in [-0.2, 0) is 11.3 Å². The van der Waals surface area contributed by atoms with Crippen molar-refractivity contribution in [2.75, 3.05) is 11.9 Å². The van der Waals surface area contributed by atoms with E-state index < -0.39 is 0 Å². The number of nitrogens with one attached hydrogen (secondary N) is 2. The highest BCUT2D eigenvalue weighted by Crippen LogP contribution is 2.22. The highest BCUT2D eigenvalue weighted by Gasteiger charge is 2.07. The van der Waals surface area contributed by atoms with Gasteiger partial charge in [-0.3, -0.25) is 14.6 Å². The van der Waals surface area contributed by atoms with Crippen LogP contribution in [-0.4, -0.2) is 23.4 Å². The van der Waals surface area contributed by atoms with Crippen molar-refractivity contribution in [1.29, 1.82) is 0 Å². The van der Waals surface area contributed by atoms with E-state index in [2.05, 4.69) is 15.6 Å². The first-order chi connectivity index (χ1) is 15.0. The van der Waals surface area contributed by atoms with Crippen LogP contribution >= 0.6 is 0 Å². The van der Waals surface area contributed by atoms with Crippen molar-refractivity contribution in [3.05, 3.63) is 89.2 Å². The second kappa shape index (κ2) is 10.9. The van der Waals surface area contributed by atoms with Crippen LogP contribution < -0.4 is 15.4 Å². The van der Waals surface area contributed by atoms with Gasteiger partial charge in [0.15, 0.2) is 0 Å². The fourth-order valence-corrected chi connectivity index (χ4v) is 3.13. The van der Waals surface area contributed by atoms with E-state index in [9.17, 15) is 9.59 Å². The number of aromatic nitrogens is 1. The molecule has 2 aromatic carbocycles. The maximum Gasteiger partial charge on any atom is 0.257 e. The van der Waals surface area contributed by atoms with E-state index in [1.54, 1.807) is 18.3 Å². The van der Waals surface area contributed by atoms with Crippen LogP contribution in [0, 0.1) is 13.8 Å². The summed E-state index contributed by atoms with van der Waals surface area (Å²) in [7, 11) is 0. The van der Waals surface area contributed by atoms with Gasteiger partial charge < -0.3 is 15.4 Å². The highest BCUT2D eigenvalue weighted by molar-refractivity contribution is 6.04. The summed E-state index contributed by atoms with van der Waals surface area (Å²) in [4.78, 5) is 28.2. The third-order valence-corrected chi connectivity index (χ3v) is 4.83. The molecule has 0 aliphatic carbocycles. The smallest absolute Gasteiger partial charge is 0.257 e. The van der Waals surface area contributed by atoms with Crippen molar-refractivity contribution in [2.45, 2.75) is 33.2 Å². The van der Waals surface area contributed by atoms with Gasteiger partial charge in [0.2, 0.25) is 5.91 Å². The SMILES string of the molecule is Cc1cccc(C)c1OCCCC(=O)NCc1ccc(NC(=O)c2cccnc2)cc1. The van der Waals surface area contributed by atoms with Crippen LogP contribution in [0.1, 0.15) is 39.9 Å². The average Bonchev–Trinajstić information content (AvgIpc) is 2.78. The molecule has 0 spiro atoms. The first-order valence-corrected chi connectivity index (χ1v) is 10.3. The lowest BCUT2D eigenvalue weighted by atomic mass is 10.1. The van der Waals surface area contributed by atoms with Crippen molar-refractivity contribution >= 4 is 17.5 Å². The third-order valence-electron chi connectivity index (χ3n) is 4.83. The molecule has 6 heteroatoms. The molecule has 0 fully saturated rings. The van der Waals surface area contributed by atoms with E-state index in [4.69, 9.17) is 4.74 Å². The Morgan fingerprint density at radius 3 is 2.39 bits per heavy atom. The molecule has 6 nitrogen and oxygen atoms in total. The number of hydrogen-bond donors (Lipinski definition) is 2. The van der Waals surface area contributed by atoms with E-state index in [0.717, 1.165) is 22.4 Å². The Labute approximate surface area is 182 Å². The number of aryl methyl sites for hydroxylation is 2. The molecule has 0 atom stereocenters. The zero-order chi connectivity index (χ0) is 22.1. The Kier molecular flexibility index (Phi) is 7.76. The summed E-state index contributed by atoms with van der Waals surface area (Å²) in [6, 6.07) is 16.9. The van der Waals surface area contributed by atoms with Crippen LogP contribution in [0.3, 0.4) is 0 Å². The van der Waals surface area contributed by atoms with Crippen molar-refractivity contribution < 1.29 is 14.3 Å². The number of anilines is 1. The lowest BCUT2D eigenvalue weighted by Gasteiger charge is -2.12. The Morgan fingerprint density at radius 1 is 0.968 bits per heavy atom. The number of para-hydroxylation sites is 1. The second-order valence-electron chi connectivity index (χ2n) is 7.34. The van der Waals surface area contributed by atoms with Crippen LogP contribution in [0.5, 0.6) is 5.75 Å². The van der Waals surface area contributed by atoms with Gasteiger partial charge in [0.25, 0.3) is 5.91 Å². The van der Waals surface area contributed by atoms with Gasteiger partial charge in [-0.25, -0.2) is 0 Å². The predicted molar refractivity (Wildman–Crippen MR) is 121 cm³/mol. The molecule has 2 amide bonds. The van der Waals surface area contributed by atoms with E-state index in [1.807, 2.05) is 56.3 Å². The molecule has 3 aromatic rings. The largest absolute Gasteiger partial charge is 0.493 e. The maximum absolute atomic E-state index is 12.1. The van der Waals surface area contributed by atoms with Crippen LogP contribution in [0.25, 0.3) is 0 Å². The molecular formula is C25H27N3O3. The monoisotopic (exact) mass is 417 g/mol. The summed E-state index contributed by atoms with van der Waals surface area (Å²) in [5, 5.41) is 5.74. The predicted octanol–water partition coefficient (Wildman–Crippen LogP) is 4.43. The number of amides is 2. The fourth-order valence-electron chi connectivity index (χ4n) is 3.13. The lowest BCUT2D eigenvalue weighted by molar-refractivity contribution is -0.121. The number of hydrogen-bond acceptors (Lipinski definition) is 4. The zero-order valence-corrected chi connectivity index (χ0v) is 17.9. The van der Waals surface area contributed by atoms with Gasteiger partial charge in [-0.2, -0.15) is 0 Å². The van der Waals surface area contributed by atoms with Crippen LogP contribution in [0.2, 0.25) is 0 Å². The minimum absolute atomic E-state index is 0.0148. The summed E-state index contributed by atoms with van der Waals surface area (Å²) in [5.74, 6) is 0.676. The number of pyridine rings is 1. The summed E-state index contributed by atoms with van der Waals surface area (Å²) < 4.78 is 5.84. The zero-order valence-electron chi connectivity index (χ0n) is 17.9. The molecule has 31 heavy (non-hydrogen) atoms. The summed E-state index contributed by atoms with van der Waals surface area (Å²) in [6.07, 6.45) is 4.20. The number of carbonyl (C=O) groups excluding carboxylic acids is 2.